The van der Waals surface area contributed by atoms with E-state index in [9.17, 15) is 9.59 Å². The smallest absolute Gasteiger partial charge is 0.334 e. The minimum Gasteiger partial charge on any atom is -0.479 e. The second-order valence-corrected chi connectivity index (χ2v) is 5.58. The van der Waals surface area contributed by atoms with E-state index in [-0.39, 0.29) is 12.6 Å². The van der Waals surface area contributed by atoms with Crippen LogP contribution in [-0.2, 0) is 4.79 Å². The number of carboxylic acids is 1. The molecule has 1 aliphatic heterocycles. The van der Waals surface area contributed by atoms with E-state index < -0.39 is 12.1 Å². The molecule has 3 N–H and O–H groups in total. The van der Waals surface area contributed by atoms with Gasteiger partial charge in [-0.3, -0.25) is 0 Å². The van der Waals surface area contributed by atoms with Gasteiger partial charge in [-0.05, 0) is 24.7 Å². The number of hydrogen-bond donors (Lipinski definition) is 3. The van der Waals surface area contributed by atoms with Crippen LogP contribution < -0.4 is 5.32 Å². The number of rotatable bonds is 3. The van der Waals surface area contributed by atoms with Crippen LogP contribution in [0, 0.1) is 11.8 Å². The lowest BCUT2D eigenvalue weighted by molar-refractivity contribution is -0.146. The number of aliphatic hydroxyl groups excluding tert-OH is 1. The Morgan fingerprint density at radius 2 is 1.89 bits per heavy atom. The van der Waals surface area contributed by atoms with Crippen LogP contribution in [-0.4, -0.2) is 52.9 Å². The fourth-order valence-electron chi connectivity index (χ4n) is 3.17. The lowest BCUT2D eigenvalue weighted by Gasteiger charge is -2.41. The van der Waals surface area contributed by atoms with Crippen molar-refractivity contribution in [3.63, 3.8) is 0 Å². The van der Waals surface area contributed by atoms with Gasteiger partial charge in [0, 0.05) is 13.1 Å². The van der Waals surface area contributed by atoms with Crippen molar-refractivity contribution < 1.29 is 19.8 Å². The Hall–Kier alpha value is -1.30. The predicted molar refractivity (Wildman–Crippen MR) is 68.7 cm³/mol. The summed E-state index contributed by atoms with van der Waals surface area (Å²) in [6.45, 7) is 1.26. The van der Waals surface area contributed by atoms with Crippen molar-refractivity contribution in [2.75, 3.05) is 19.6 Å². The highest BCUT2D eigenvalue weighted by Crippen LogP contribution is 2.35. The van der Waals surface area contributed by atoms with Crippen molar-refractivity contribution in [2.45, 2.75) is 38.2 Å². The van der Waals surface area contributed by atoms with Gasteiger partial charge in [-0.25, -0.2) is 9.59 Å². The summed E-state index contributed by atoms with van der Waals surface area (Å²) in [5.41, 5.74) is 0. The van der Waals surface area contributed by atoms with E-state index in [0.29, 0.717) is 5.92 Å². The first-order valence-corrected chi connectivity index (χ1v) is 7.01. The molecule has 2 fully saturated rings. The molecule has 0 bridgehead atoms. The number of likely N-dealkylation sites (tertiary alicyclic amines) is 1. The third kappa shape index (κ3) is 3.59. The van der Waals surface area contributed by atoms with Crippen molar-refractivity contribution in [1.29, 1.82) is 0 Å². The number of carbonyl (C=O) groups is 2. The van der Waals surface area contributed by atoms with Gasteiger partial charge in [-0.1, -0.05) is 19.3 Å². The zero-order valence-corrected chi connectivity index (χ0v) is 11.0. The summed E-state index contributed by atoms with van der Waals surface area (Å²) < 4.78 is 0. The third-order valence-corrected chi connectivity index (χ3v) is 4.31. The molecule has 0 aromatic carbocycles. The molecule has 2 amide bonds. The van der Waals surface area contributed by atoms with Crippen LogP contribution >= 0.6 is 0 Å². The molecule has 108 valence electrons. The summed E-state index contributed by atoms with van der Waals surface area (Å²) >= 11 is 0. The number of nitrogens with zero attached hydrogens (tertiary/aromatic N) is 1. The Morgan fingerprint density at radius 3 is 2.58 bits per heavy atom. The van der Waals surface area contributed by atoms with Crippen LogP contribution in [0.25, 0.3) is 0 Å². The van der Waals surface area contributed by atoms with Gasteiger partial charge in [0.2, 0.25) is 0 Å². The number of hydrogen-bond acceptors (Lipinski definition) is 3. The molecule has 6 nitrogen and oxygen atoms in total. The molecule has 1 saturated carbocycles. The fourth-order valence-corrected chi connectivity index (χ4v) is 3.17. The minimum absolute atomic E-state index is 0.237. The Balaban J connectivity index is 1.78. The molecular formula is C13H22N2O4. The third-order valence-electron chi connectivity index (χ3n) is 4.31. The minimum atomic E-state index is -1.53. The highest BCUT2D eigenvalue weighted by atomic mass is 16.4. The molecule has 1 saturated heterocycles. The largest absolute Gasteiger partial charge is 0.479 e. The number of amides is 2. The first-order chi connectivity index (χ1) is 9.08. The molecule has 2 aliphatic rings. The molecular weight excluding hydrogens is 248 g/mol. The van der Waals surface area contributed by atoms with Crippen LogP contribution in [0.4, 0.5) is 4.79 Å². The molecule has 0 radical (unpaired) electrons. The lowest BCUT2D eigenvalue weighted by atomic mass is 9.75. The quantitative estimate of drug-likeness (QED) is 0.702. The Kier molecular flexibility index (Phi) is 4.63. The Bertz CT molecular complexity index is 348. The molecule has 0 aromatic heterocycles. The number of fused-ring (bicyclic) bond motifs is 1. The molecule has 1 heterocycles. The molecule has 0 spiro atoms. The van der Waals surface area contributed by atoms with Gasteiger partial charge in [0.1, 0.15) is 0 Å². The number of aliphatic carboxylic acids is 1. The Labute approximate surface area is 112 Å². The van der Waals surface area contributed by atoms with E-state index >= 15 is 0 Å². The average molecular weight is 270 g/mol. The lowest BCUT2D eigenvalue weighted by Crippen LogP contribution is -2.50. The maximum absolute atomic E-state index is 11.9. The summed E-state index contributed by atoms with van der Waals surface area (Å²) in [5.74, 6) is 0.0337. The number of aliphatic hydroxyl groups is 1. The van der Waals surface area contributed by atoms with Crippen molar-refractivity contribution in [3.8, 4) is 0 Å². The maximum atomic E-state index is 11.9. The normalized spacial score (nSPS) is 28.4. The average Bonchev–Trinajstić information content (AvgIpc) is 2.43. The van der Waals surface area contributed by atoms with E-state index in [0.717, 1.165) is 25.4 Å². The number of piperidine rings is 1. The van der Waals surface area contributed by atoms with Gasteiger partial charge in [-0.15, -0.1) is 0 Å². The monoisotopic (exact) mass is 270 g/mol. The second kappa shape index (κ2) is 6.23. The van der Waals surface area contributed by atoms with Gasteiger partial charge < -0.3 is 20.4 Å². The predicted octanol–water partition coefficient (Wildman–Crippen LogP) is 0.654. The number of nitrogens with one attached hydrogen (secondary N) is 1. The molecule has 3 unspecified atom stereocenters. The molecule has 19 heavy (non-hydrogen) atoms. The summed E-state index contributed by atoms with van der Waals surface area (Å²) in [4.78, 5) is 24.1. The first kappa shape index (κ1) is 14.1. The van der Waals surface area contributed by atoms with E-state index in [1.54, 1.807) is 4.90 Å². The zero-order valence-electron chi connectivity index (χ0n) is 11.0. The fraction of sp³-hybridized carbons (Fsp3) is 0.846. The van der Waals surface area contributed by atoms with E-state index in [2.05, 4.69) is 5.32 Å². The molecule has 6 heteroatoms. The summed E-state index contributed by atoms with van der Waals surface area (Å²) in [7, 11) is 0. The van der Waals surface area contributed by atoms with Crippen molar-refractivity contribution in [3.05, 3.63) is 0 Å². The molecule has 3 atom stereocenters. The SMILES string of the molecule is O=C(O)C(O)CNC(=O)N1CCC2CCCCC2C1. The number of urea groups is 1. The maximum Gasteiger partial charge on any atom is 0.334 e. The van der Waals surface area contributed by atoms with Gasteiger partial charge in [0.15, 0.2) is 6.10 Å². The van der Waals surface area contributed by atoms with E-state index in [4.69, 9.17) is 10.2 Å². The van der Waals surface area contributed by atoms with Gasteiger partial charge >= 0.3 is 12.0 Å². The van der Waals surface area contributed by atoms with Crippen LogP contribution in [0.3, 0.4) is 0 Å². The van der Waals surface area contributed by atoms with Crippen LogP contribution in [0.2, 0.25) is 0 Å². The van der Waals surface area contributed by atoms with Crippen LogP contribution in [0.1, 0.15) is 32.1 Å². The first-order valence-electron chi connectivity index (χ1n) is 7.01. The van der Waals surface area contributed by atoms with Gasteiger partial charge in [0.25, 0.3) is 0 Å². The second-order valence-electron chi connectivity index (χ2n) is 5.58. The Morgan fingerprint density at radius 1 is 1.21 bits per heavy atom. The highest BCUT2D eigenvalue weighted by molar-refractivity contribution is 5.76. The number of carboxylic acid groups (broad SMARTS) is 1. The number of carbonyl (C=O) groups excluding carboxylic acids is 1. The summed E-state index contributed by atoms with van der Waals surface area (Å²) in [6.07, 6.45) is 4.52. The zero-order chi connectivity index (χ0) is 13.8. The molecule has 1 aliphatic carbocycles. The van der Waals surface area contributed by atoms with E-state index in [1.165, 1.54) is 25.7 Å². The highest BCUT2D eigenvalue weighted by Gasteiger charge is 2.33. The van der Waals surface area contributed by atoms with Crippen molar-refractivity contribution in [1.82, 2.24) is 10.2 Å². The summed E-state index contributed by atoms with van der Waals surface area (Å²) in [5, 5.41) is 20.2. The van der Waals surface area contributed by atoms with Gasteiger partial charge in [-0.2, -0.15) is 0 Å². The van der Waals surface area contributed by atoms with Crippen molar-refractivity contribution in [2.24, 2.45) is 11.8 Å². The topological polar surface area (TPSA) is 89.9 Å². The van der Waals surface area contributed by atoms with Crippen LogP contribution in [0.15, 0.2) is 0 Å². The van der Waals surface area contributed by atoms with Crippen molar-refractivity contribution >= 4 is 12.0 Å². The van der Waals surface area contributed by atoms with E-state index in [1.807, 2.05) is 0 Å². The van der Waals surface area contributed by atoms with Gasteiger partial charge in [0.05, 0.1) is 6.54 Å². The standard InChI is InChI=1S/C13H22N2O4/c16-11(12(17)18)7-14-13(19)15-6-5-9-3-1-2-4-10(9)8-15/h9-11,16H,1-8H2,(H,14,19)(H,17,18). The molecule has 0 aromatic rings. The van der Waals surface area contributed by atoms with Crippen LogP contribution in [0.5, 0.6) is 0 Å². The summed E-state index contributed by atoms with van der Waals surface area (Å²) in [6, 6.07) is -0.260. The molecule has 2 rings (SSSR count).